The molecule has 21 heavy (non-hydrogen) atoms. The first-order valence-electron chi connectivity index (χ1n) is 6.14. The standard InChI is InChI=1S/C15H10N2O4/c18-12-5-1-10(2-6-12)3-8-15-16-13-9-11(17(19)20)4-7-14(13)21-15/h1-9,18H/b8-3+. The molecule has 0 saturated carbocycles. The molecule has 0 atom stereocenters. The number of aromatic hydroxyl groups is 1. The number of rotatable bonds is 3. The van der Waals surface area contributed by atoms with Crippen molar-refractivity contribution in [1.29, 1.82) is 0 Å². The Labute approximate surface area is 119 Å². The Morgan fingerprint density at radius 3 is 2.62 bits per heavy atom. The molecular formula is C15H10N2O4. The number of benzene rings is 2. The zero-order chi connectivity index (χ0) is 14.8. The summed E-state index contributed by atoms with van der Waals surface area (Å²) in [6.07, 6.45) is 3.44. The fourth-order valence-corrected chi connectivity index (χ4v) is 1.87. The Morgan fingerprint density at radius 2 is 1.90 bits per heavy atom. The lowest BCUT2D eigenvalue weighted by atomic mass is 10.2. The first kappa shape index (κ1) is 12.9. The second-order valence-electron chi connectivity index (χ2n) is 4.39. The van der Waals surface area contributed by atoms with Gasteiger partial charge in [0.15, 0.2) is 5.58 Å². The molecule has 0 radical (unpaired) electrons. The van der Waals surface area contributed by atoms with Crippen molar-refractivity contribution in [2.45, 2.75) is 0 Å². The van der Waals surface area contributed by atoms with Gasteiger partial charge in [-0.2, -0.15) is 0 Å². The summed E-state index contributed by atoms with van der Waals surface area (Å²) in [4.78, 5) is 14.4. The third-order valence-electron chi connectivity index (χ3n) is 2.91. The first-order chi connectivity index (χ1) is 10.1. The Morgan fingerprint density at radius 1 is 1.14 bits per heavy atom. The van der Waals surface area contributed by atoms with Gasteiger partial charge in [-0.05, 0) is 29.8 Å². The van der Waals surface area contributed by atoms with Crippen LogP contribution in [0.3, 0.4) is 0 Å². The molecule has 0 unspecified atom stereocenters. The van der Waals surface area contributed by atoms with Crippen molar-refractivity contribution in [3.05, 3.63) is 64.0 Å². The van der Waals surface area contributed by atoms with Crippen molar-refractivity contribution in [3.63, 3.8) is 0 Å². The largest absolute Gasteiger partial charge is 0.508 e. The molecule has 0 amide bonds. The summed E-state index contributed by atoms with van der Waals surface area (Å²) in [5, 5.41) is 19.9. The summed E-state index contributed by atoms with van der Waals surface area (Å²) in [5.74, 6) is 0.555. The minimum Gasteiger partial charge on any atom is -0.508 e. The van der Waals surface area contributed by atoms with Gasteiger partial charge in [0.2, 0.25) is 5.89 Å². The zero-order valence-electron chi connectivity index (χ0n) is 10.8. The SMILES string of the molecule is O=[N+]([O-])c1ccc2oc(/C=C/c3ccc(O)cc3)nc2c1. The van der Waals surface area contributed by atoms with E-state index in [-0.39, 0.29) is 11.4 Å². The Hall–Kier alpha value is -3.15. The predicted molar refractivity (Wildman–Crippen MR) is 77.7 cm³/mol. The monoisotopic (exact) mass is 282 g/mol. The summed E-state index contributed by atoms with van der Waals surface area (Å²) < 4.78 is 5.48. The molecule has 0 aliphatic heterocycles. The van der Waals surface area contributed by atoms with Gasteiger partial charge in [0, 0.05) is 18.2 Å². The highest BCUT2D eigenvalue weighted by Crippen LogP contribution is 2.22. The van der Waals surface area contributed by atoms with Gasteiger partial charge in [-0.15, -0.1) is 0 Å². The van der Waals surface area contributed by atoms with Gasteiger partial charge in [0.05, 0.1) is 4.92 Å². The average molecular weight is 282 g/mol. The van der Waals surface area contributed by atoms with Crippen LogP contribution < -0.4 is 0 Å². The third kappa shape index (κ3) is 2.74. The molecular weight excluding hydrogens is 272 g/mol. The van der Waals surface area contributed by atoms with Gasteiger partial charge in [0.25, 0.3) is 5.69 Å². The van der Waals surface area contributed by atoms with E-state index in [1.54, 1.807) is 36.4 Å². The summed E-state index contributed by atoms with van der Waals surface area (Å²) in [6.45, 7) is 0. The molecule has 0 fully saturated rings. The minimum absolute atomic E-state index is 0.0233. The Balaban J connectivity index is 1.90. The smallest absolute Gasteiger partial charge is 0.271 e. The normalized spacial score (nSPS) is 11.2. The van der Waals surface area contributed by atoms with Crippen LogP contribution in [0.5, 0.6) is 5.75 Å². The fraction of sp³-hybridized carbons (Fsp3) is 0. The highest BCUT2D eigenvalue weighted by Gasteiger charge is 2.10. The van der Waals surface area contributed by atoms with Crippen LogP contribution in [0.1, 0.15) is 11.5 Å². The van der Waals surface area contributed by atoms with Crippen molar-refractivity contribution in [3.8, 4) is 5.75 Å². The lowest BCUT2D eigenvalue weighted by Gasteiger charge is -1.92. The number of non-ortho nitro benzene ring substituents is 1. The topological polar surface area (TPSA) is 89.4 Å². The number of phenolic OH excluding ortho intramolecular Hbond substituents is 1. The molecule has 104 valence electrons. The molecule has 6 heteroatoms. The van der Waals surface area contributed by atoms with Crippen LogP contribution in [0.15, 0.2) is 46.9 Å². The second kappa shape index (κ2) is 5.09. The van der Waals surface area contributed by atoms with Crippen LogP contribution in [0.25, 0.3) is 23.3 Å². The van der Waals surface area contributed by atoms with Crippen LogP contribution >= 0.6 is 0 Å². The number of hydrogen-bond donors (Lipinski definition) is 1. The van der Waals surface area contributed by atoms with Crippen LogP contribution in [-0.4, -0.2) is 15.0 Å². The minimum atomic E-state index is -0.472. The molecule has 1 heterocycles. The van der Waals surface area contributed by atoms with E-state index in [2.05, 4.69) is 4.98 Å². The highest BCUT2D eigenvalue weighted by molar-refractivity contribution is 5.78. The molecule has 1 N–H and O–H groups in total. The third-order valence-corrected chi connectivity index (χ3v) is 2.91. The number of hydrogen-bond acceptors (Lipinski definition) is 5. The van der Waals surface area contributed by atoms with Crippen LogP contribution in [-0.2, 0) is 0 Å². The van der Waals surface area contributed by atoms with E-state index in [0.29, 0.717) is 17.0 Å². The van der Waals surface area contributed by atoms with E-state index in [4.69, 9.17) is 4.42 Å². The van der Waals surface area contributed by atoms with Gasteiger partial charge in [-0.1, -0.05) is 12.1 Å². The average Bonchev–Trinajstić information content (AvgIpc) is 2.88. The van der Waals surface area contributed by atoms with Gasteiger partial charge < -0.3 is 9.52 Å². The molecule has 0 aliphatic rings. The quantitative estimate of drug-likeness (QED) is 0.585. The zero-order valence-corrected chi connectivity index (χ0v) is 10.8. The molecule has 0 spiro atoms. The van der Waals surface area contributed by atoms with E-state index < -0.39 is 4.92 Å². The molecule has 0 aliphatic carbocycles. The summed E-state index contributed by atoms with van der Waals surface area (Å²) in [5.41, 5.74) is 1.78. The Bertz CT molecular complexity index is 835. The maximum atomic E-state index is 10.7. The lowest BCUT2D eigenvalue weighted by molar-refractivity contribution is -0.384. The van der Waals surface area contributed by atoms with Crippen molar-refractivity contribution in [2.24, 2.45) is 0 Å². The van der Waals surface area contributed by atoms with E-state index in [1.807, 2.05) is 0 Å². The summed E-state index contributed by atoms with van der Waals surface area (Å²) in [6, 6.07) is 10.9. The van der Waals surface area contributed by atoms with E-state index in [9.17, 15) is 15.2 Å². The van der Waals surface area contributed by atoms with Gasteiger partial charge in [0.1, 0.15) is 11.3 Å². The van der Waals surface area contributed by atoms with E-state index in [0.717, 1.165) is 5.56 Å². The highest BCUT2D eigenvalue weighted by atomic mass is 16.6. The van der Waals surface area contributed by atoms with Gasteiger partial charge >= 0.3 is 0 Å². The van der Waals surface area contributed by atoms with Crippen molar-refractivity contribution in [1.82, 2.24) is 4.98 Å². The fourth-order valence-electron chi connectivity index (χ4n) is 1.87. The van der Waals surface area contributed by atoms with Crippen LogP contribution in [0, 0.1) is 10.1 Å². The number of aromatic nitrogens is 1. The number of nitrogens with zero attached hydrogens (tertiary/aromatic N) is 2. The number of nitro groups is 1. The number of phenols is 1. The van der Waals surface area contributed by atoms with Crippen LogP contribution in [0.4, 0.5) is 5.69 Å². The molecule has 0 saturated heterocycles. The van der Waals surface area contributed by atoms with Crippen molar-refractivity contribution >= 4 is 28.9 Å². The van der Waals surface area contributed by atoms with Crippen molar-refractivity contribution in [2.75, 3.05) is 0 Å². The number of oxazole rings is 1. The number of fused-ring (bicyclic) bond motifs is 1. The summed E-state index contributed by atoms with van der Waals surface area (Å²) in [7, 11) is 0. The Kier molecular flexibility index (Phi) is 3.12. The van der Waals surface area contributed by atoms with Gasteiger partial charge in [-0.3, -0.25) is 10.1 Å². The first-order valence-corrected chi connectivity index (χ1v) is 6.14. The molecule has 2 aromatic carbocycles. The molecule has 6 nitrogen and oxygen atoms in total. The van der Waals surface area contributed by atoms with E-state index in [1.165, 1.54) is 18.2 Å². The predicted octanol–water partition coefficient (Wildman–Crippen LogP) is 3.61. The summed E-state index contributed by atoms with van der Waals surface area (Å²) >= 11 is 0. The molecule has 3 rings (SSSR count). The lowest BCUT2D eigenvalue weighted by Crippen LogP contribution is -1.86. The number of nitro benzene ring substituents is 1. The second-order valence-corrected chi connectivity index (χ2v) is 4.39. The van der Waals surface area contributed by atoms with Gasteiger partial charge in [-0.25, -0.2) is 4.98 Å². The maximum Gasteiger partial charge on any atom is 0.271 e. The molecule has 0 bridgehead atoms. The molecule has 1 aromatic heterocycles. The van der Waals surface area contributed by atoms with Crippen molar-refractivity contribution < 1.29 is 14.4 Å². The van der Waals surface area contributed by atoms with Crippen LogP contribution in [0.2, 0.25) is 0 Å². The van der Waals surface area contributed by atoms with E-state index >= 15 is 0 Å². The maximum absolute atomic E-state index is 10.7. The molecule has 3 aromatic rings.